The molecule has 0 aliphatic rings. The molecule has 3 N–H and O–H groups in total. The number of anilines is 2. The average molecular weight is 387 g/mol. The molecule has 0 atom stereocenters. The summed E-state index contributed by atoms with van der Waals surface area (Å²) in [7, 11) is 1.84. The topological polar surface area (TPSA) is 75.3 Å². The minimum absolute atomic E-state index is 0. The van der Waals surface area contributed by atoms with Crippen LogP contribution in [0, 0.1) is 0 Å². The van der Waals surface area contributed by atoms with Crippen LogP contribution in [0.4, 0.5) is 11.5 Å². The number of carbonyl (C=O) groups excluding carboxylic acids is 1. The quantitative estimate of drug-likeness (QED) is 0.608. The van der Waals surface area contributed by atoms with Gasteiger partial charge in [0.15, 0.2) is 0 Å². The Bertz CT molecular complexity index is 639. The number of ether oxygens (including phenoxy) is 1. The fraction of sp³-hybridized carbons (Fsp3) is 0.294. The van der Waals surface area contributed by atoms with Gasteiger partial charge >= 0.3 is 0 Å². The van der Waals surface area contributed by atoms with E-state index in [1.807, 2.05) is 38.2 Å². The Morgan fingerprint density at radius 1 is 1.12 bits per heavy atom. The summed E-state index contributed by atoms with van der Waals surface area (Å²) in [4.78, 5) is 16.5. The zero-order valence-corrected chi connectivity index (χ0v) is 15.9. The van der Waals surface area contributed by atoms with Gasteiger partial charge in [-0.1, -0.05) is 0 Å². The van der Waals surface area contributed by atoms with Gasteiger partial charge in [-0.15, -0.1) is 24.8 Å². The van der Waals surface area contributed by atoms with Gasteiger partial charge in [0.1, 0.15) is 11.6 Å². The molecule has 6 nitrogen and oxygen atoms in total. The average Bonchev–Trinajstić information content (AvgIpc) is 2.57. The summed E-state index contributed by atoms with van der Waals surface area (Å²) < 4.78 is 5.41. The molecule has 0 bridgehead atoms. The maximum atomic E-state index is 12.2. The van der Waals surface area contributed by atoms with Crippen LogP contribution in [0.2, 0.25) is 0 Å². The van der Waals surface area contributed by atoms with Gasteiger partial charge in [0.05, 0.1) is 12.2 Å². The Morgan fingerprint density at radius 2 is 1.84 bits per heavy atom. The molecular formula is C17H24Cl2N4O2. The third kappa shape index (κ3) is 7.17. The van der Waals surface area contributed by atoms with Gasteiger partial charge < -0.3 is 20.7 Å². The van der Waals surface area contributed by atoms with E-state index in [1.165, 1.54) is 0 Å². The van der Waals surface area contributed by atoms with Gasteiger partial charge in [0.2, 0.25) is 0 Å². The largest absolute Gasteiger partial charge is 0.494 e. The molecule has 138 valence electrons. The van der Waals surface area contributed by atoms with E-state index in [2.05, 4.69) is 20.9 Å². The highest BCUT2D eigenvalue weighted by Crippen LogP contribution is 2.21. The van der Waals surface area contributed by atoms with E-state index >= 15 is 0 Å². The first-order valence-corrected chi connectivity index (χ1v) is 7.62. The second-order valence-corrected chi connectivity index (χ2v) is 4.84. The molecule has 2 rings (SSSR count). The molecule has 8 heteroatoms. The van der Waals surface area contributed by atoms with Crippen molar-refractivity contribution in [2.24, 2.45) is 0 Å². The van der Waals surface area contributed by atoms with Crippen LogP contribution in [0.15, 0.2) is 42.6 Å². The molecule has 0 saturated carbocycles. The van der Waals surface area contributed by atoms with E-state index in [4.69, 9.17) is 4.74 Å². The summed E-state index contributed by atoms with van der Waals surface area (Å²) in [5.74, 6) is 1.18. The van der Waals surface area contributed by atoms with Gasteiger partial charge in [-0.2, -0.15) is 0 Å². The summed E-state index contributed by atoms with van der Waals surface area (Å²) in [5.41, 5.74) is 1.36. The van der Waals surface area contributed by atoms with Crippen LogP contribution in [-0.2, 0) is 0 Å². The summed E-state index contributed by atoms with van der Waals surface area (Å²) in [5, 5.41) is 9.01. The molecule has 25 heavy (non-hydrogen) atoms. The standard InChI is InChI=1S/C17H22N4O2.2ClH/c1-3-23-14-8-6-13(7-9-14)21-16-15(5-4-10-19-16)17(22)20-12-11-18-2;;/h4-10,18H,3,11-12H2,1-2H3,(H,19,21)(H,20,22);2*1H. The van der Waals surface area contributed by atoms with Crippen molar-refractivity contribution in [2.75, 3.05) is 32.1 Å². The zero-order valence-electron chi connectivity index (χ0n) is 14.2. The Balaban J connectivity index is 0.00000288. The molecule has 0 fully saturated rings. The van der Waals surface area contributed by atoms with Crippen molar-refractivity contribution >= 4 is 42.2 Å². The third-order valence-corrected chi connectivity index (χ3v) is 3.14. The first kappa shape index (κ1) is 23.0. The lowest BCUT2D eigenvalue weighted by molar-refractivity contribution is 0.0954. The number of amides is 1. The predicted octanol–water partition coefficient (Wildman–Crippen LogP) is 3.02. The lowest BCUT2D eigenvalue weighted by Gasteiger charge is -2.11. The Hall–Kier alpha value is -2.02. The number of nitrogens with zero attached hydrogens (tertiary/aromatic N) is 1. The van der Waals surface area contributed by atoms with Gasteiger partial charge in [0.25, 0.3) is 5.91 Å². The first-order valence-electron chi connectivity index (χ1n) is 7.62. The molecule has 0 aliphatic heterocycles. The molecule has 1 heterocycles. The van der Waals surface area contributed by atoms with Crippen LogP contribution in [-0.4, -0.2) is 37.6 Å². The second-order valence-electron chi connectivity index (χ2n) is 4.84. The number of nitrogens with one attached hydrogen (secondary N) is 3. The summed E-state index contributed by atoms with van der Waals surface area (Å²) in [6.45, 7) is 3.85. The van der Waals surface area contributed by atoms with Crippen molar-refractivity contribution in [3.63, 3.8) is 0 Å². The van der Waals surface area contributed by atoms with Gasteiger partial charge in [-0.25, -0.2) is 4.98 Å². The maximum absolute atomic E-state index is 12.2. The summed E-state index contributed by atoms with van der Waals surface area (Å²) >= 11 is 0. The molecule has 1 aromatic carbocycles. The maximum Gasteiger partial charge on any atom is 0.255 e. The lowest BCUT2D eigenvalue weighted by Crippen LogP contribution is -2.30. The van der Waals surface area contributed by atoms with E-state index < -0.39 is 0 Å². The number of hydrogen-bond donors (Lipinski definition) is 3. The van der Waals surface area contributed by atoms with E-state index in [1.54, 1.807) is 18.3 Å². The first-order chi connectivity index (χ1) is 11.2. The molecule has 0 saturated heterocycles. The van der Waals surface area contributed by atoms with E-state index in [-0.39, 0.29) is 30.7 Å². The number of hydrogen-bond acceptors (Lipinski definition) is 5. The van der Waals surface area contributed by atoms with Crippen LogP contribution in [0.1, 0.15) is 17.3 Å². The predicted molar refractivity (Wildman–Crippen MR) is 106 cm³/mol. The number of pyridine rings is 1. The van der Waals surface area contributed by atoms with Crippen molar-refractivity contribution in [3.05, 3.63) is 48.2 Å². The van der Waals surface area contributed by atoms with E-state index in [9.17, 15) is 4.79 Å². The normalized spacial score (nSPS) is 9.36. The van der Waals surface area contributed by atoms with Crippen LogP contribution in [0.5, 0.6) is 5.75 Å². The molecule has 2 aromatic rings. The van der Waals surface area contributed by atoms with Crippen LogP contribution < -0.4 is 20.7 Å². The minimum Gasteiger partial charge on any atom is -0.494 e. The molecule has 0 spiro atoms. The highest BCUT2D eigenvalue weighted by molar-refractivity contribution is 5.99. The van der Waals surface area contributed by atoms with Gasteiger partial charge in [-0.05, 0) is 50.4 Å². The van der Waals surface area contributed by atoms with Crippen molar-refractivity contribution in [1.29, 1.82) is 0 Å². The summed E-state index contributed by atoms with van der Waals surface area (Å²) in [6, 6.07) is 11.0. The third-order valence-electron chi connectivity index (χ3n) is 3.14. The van der Waals surface area contributed by atoms with Crippen LogP contribution in [0.3, 0.4) is 0 Å². The Morgan fingerprint density at radius 3 is 2.48 bits per heavy atom. The Labute approximate surface area is 160 Å². The second kappa shape index (κ2) is 12.4. The molecule has 0 radical (unpaired) electrons. The van der Waals surface area contributed by atoms with E-state index in [0.29, 0.717) is 31.1 Å². The van der Waals surface area contributed by atoms with Crippen LogP contribution >= 0.6 is 24.8 Å². The van der Waals surface area contributed by atoms with Crippen molar-refractivity contribution in [2.45, 2.75) is 6.92 Å². The fourth-order valence-electron chi connectivity index (χ4n) is 2.02. The van der Waals surface area contributed by atoms with Gasteiger partial charge in [0, 0.05) is 25.0 Å². The molecular weight excluding hydrogens is 363 g/mol. The number of rotatable bonds is 8. The van der Waals surface area contributed by atoms with Crippen molar-refractivity contribution < 1.29 is 9.53 Å². The molecule has 1 aromatic heterocycles. The highest BCUT2D eigenvalue weighted by Gasteiger charge is 2.11. The highest BCUT2D eigenvalue weighted by atomic mass is 35.5. The molecule has 0 unspecified atom stereocenters. The minimum atomic E-state index is -0.151. The molecule has 0 aliphatic carbocycles. The van der Waals surface area contributed by atoms with Crippen LogP contribution in [0.25, 0.3) is 0 Å². The number of benzene rings is 1. The smallest absolute Gasteiger partial charge is 0.255 e. The number of carbonyl (C=O) groups is 1. The lowest BCUT2D eigenvalue weighted by atomic mass is 10.2. The monoisotopic (exact) mass is 386 g/mol. The Kier molecular flexibility index (Phi) is 11.4. The van der Waals surface area contributed by atoms with E-state index in [0.717, 1.165) is 11.4 Å². The summed E-state index contributed by atoms with van der Waals surface area (Å²) in [6.07, 6.45) is 1.65. The van der Waals surface area contributed by atoms with Gasteiger partial charge in [-0.3, -0.25) is 4.79 Å². The SMILES string of the molecule is CCOc1ccc(Nc2ncccc2C(=O)NCCNC)cc1.Cl.Cl. The number of halogens is 2. The zero-order chi connectivity index (χ0) is 16.5. The number of aromatic nitrogens is 1. The van der Waals surface area contributed by atoms with Crippen molar-refractivity contribution in [3.8, 4) is 5.75 Å². The van der Waals surface area contributed by atoms with Crippen molar-refractivity contribution in [1.82, 2.24) is 15.6 Å². The molecule has 1 amide bonds. The fourth-order valence-corrected chi connectivity index (χ4v) is 2.02. The number of likely N-dealkylation sites (N-methyl/N-ethyl adjacent to an activating group) is 1.